The monoisotopic (exact) mass is 811 g/mol. The number of alkyl carbamates (subject to hydrolysis) is 1. The molecule has 0 bridgehead atoms. The van der Waals surface area contributed by atoms with Gasteiger partial charge in [0.15, 0.2) is 0 Å². The van der Waals surface area contributed by atoms with Crippen molar-refractivity contribution in [1.29, 1.82) is 0 Å². The van der Waals surface area contributed by atoms with E-state index in [1.807, 2.05) is 51.1 Å². The summed E-state index contributed by atoms with van der Waals surface area (Å²) in [6, 6.07) is 16.1. The highest BCUT2D eigenvalue weighted by molar-refractivity contribution is 6.38. The molecule has 1 saturated heterocycles. The zero-order chi connectivity index (χ0) is 42.1. The average molecular weight is 812 g/mol. The van der Waals surface area contributed by atoms with Gasteiger partial charge >= 0.3 is 6.09 Å². The Balaban J connectivity index is 1.28. The lowest BCUT2D eigenvalue weighted by molar-refractivity contribution is -0.143. The van der Waals surface area contributed by atoms with Crippen LogP contribution in [0.2, 0.25) is 0 Å². The Morgan fingerprint density at radius 3 is 2.10 bits per heavy atom. The van der Waals surface area contributed by atoms with Gasteiger partial charge in [0.1, 0.15) is 18.1 Å². The predicted octanol–water partition coefficient (Wildman–Crippen LogP) is 4.17. The van der Waals surface area contributed by atoms with Crippen molar-refractivity contribution in [2.75, 3.05) is 19.7 Å². The maximum absolute atomic E-state index is 14.6. The number of nitrogens with one attached hydrogen (secondary N) is 4. The number of hydrogen-bond acceptors (Lipinski definition) is 10. The molecule has 3 aromatic rings. The van der Waals surface area contributed by atoms with Crippen molar-refractivity contribution in [1.82, 2.24) is 36.1 Å². The Labute approximate surface area is 345 Å². The van der Waals surface area contributed by atoms with Crippen molar-refractivity contribution < 1.29 is 38.2 Å². The normalized spacial score (nSPS) is 17.8. The molecule has 2 aliphatic rings. The number of carbonyl (C=O) groups excluding carboxylic acids is 6. The van der Waals surface area contributed by atoms with Crippen LogP contribution in [0.5, 0.6) is 0 Å². The summed E-state index contributed by atoms with van der Waals surface area (Å²) in [5.74, 6) is -3.68. The quantitative estimate of drug-likeness (QED) is 0.128. The summed E-state index contributed by atoms with van der Waals surface area (Å²) in [5.41, 5.74) is 1.99. The number of amides is 5. The van der Waals surface area contributed by atoms with Crippen LogP contribution in [-0.2, 0) is 40.1 Å². The molecule has 3 heterocycles. The SMILES string of the molecule is CCCC(NC(=O)[C@@H]1C[C@@H](OCc2ccccc2)CN1C(=O)[C@H](NC(=O)OCC(C)C)C1CCCCC1)C(=O)C(=O)NCC(=O)NC(c1ccccn1)c1ccccn1. The molecule has 5 amide bonds. The third-order valence-electron chi connectivity index (χ3n) is 10.5. The Morgan fingerprint density at radius 1 is 0.831 bits per heavy atom. The van der Waals surface area contributed by atoms with Crippen LogP contribution < -0.4 is 21.3 Å². The lowest BCUT2D eigenvalue weighted by Crippen LogP contribution is -2.58. The second-order valence-electron chi connectivity index (χ2n) is 15.6. The van der Waals surface area contributed by atoms with Gasteiger partial charge in [0.05, 0.1) is 43.3 Å². The number of aromatic nitrogens is 2. The molecular formula is C44H57N7O8. The minimum atomic E-state index is -1.23. The van der Waals surface area contributed by atoms with E-state index in [1.165, 1.54) is 4.90 Å². The number of benzene rings is 1. The first-order valence-corrected chi connectivity index (χ1v) is 20.7. The summed E-state index contributed by atoms with van der Waals surface area (Å²) >= 11 is 0. The first-order valence-electron chi connectivity index (χ1n) is 20.7. The molecular weight excluding hydrogens is 755 g/mol. The highest BCUT2D eigenvalue weighted by Crippen LogP contribution is 2.30. The molecule has 4 atom stereocenters. The second kappa shape index (κ2) is 22.4. The Bertz CT molecular complexity index is 1800. The van der Waals surface area contributed by atoms with E-state index in [-0.39, 0.29) is 44.4 Å². The van der Waals surface area contributed by atoms with Gasteiger partial charge in [0, 0.05) is 25.4 Å². The van der Waals surface area contributed by atoms with Crippen LogP contribution in [-0.4, -0.2) is 94.3 Å². The summed E-state index contributed by atoms with van der Waals surface area (Å²) in [6.07, 6.45) is 6.97. The summed E-state index contributed by atoms with van der Waals surface area (Å²) in [6.45, 7) is 5.64. The largest absolute Gasteiger partial charge is 0.449 e. The molecule has 1 saturated carbocycles. The molecule has 1 aromatic carbocycles. The number of hydrogen-bond donors (Lipinski definition) is 4. The van der Waals surface area contributed by atoms with Gasteiger partial charge in [-0.3, -0.25) is 33.9 Å². The topological polar surface area (TPSA) is 198 Å². The van der Waals surface area contributed by atoms with Crippen molar-refractivity contribution in [2.24, 2.45) is 11.8 Å². The molecule has 15 nitrogen and oxygen atoms in total. The average Bonchev–Trinajstić information content (AvgIpc) is 3.70. The van der Waals surface area contributed by atoms with E-state index in [0.717, 1.165) is 37.7 Å². The van der Waals surface area contributed by atoms with Crippen LogP contribution in [0.4, 0.5) is 4.79 Å². The van der Waals surface area contributed by atoms with Crippen LogP contribution in [0.3, 0.4) is 0 Å². The molecule has 5 rings (SSSR count). The number of rotatable bonds is 19. The van der Waals surface area contributed by atoms with Crippen molar-refractivity contribution in [3.05, 3.63) is 96.1 Å². The lowest BCUT2D eigenvalue weighted by Gasteiger charge is -2.34. The minimum absolute atomic E-state index is 0.0790. The molecule has 15 heteroatoms. The standard InChI is InChI=1S/C44H57N7O8/c1-4-15-35(40(53)42(55)47-25-37(52)49-39(33-20-11-13-22-45-33)34-21-12-14-23-46-34)48-41(54)36-24-32(58-28-30-16-7-5-8-17-30)26-51(36)43(56)38(31-18-9-6-10-19-31)50-44(57)59-27-29(2)3/h5,7-8,11-14,16-17,20-23,29,31-32,35-36,38-39H,4,6,9-10,15,18-19,24-28H2,1-3H3,(H,47,55)(H,48,54)(H,49,52)(H,50,57)/t32-,35?,36+,38-/m1/s1. The highest BCUT2D eigenvalue weighted by Gasteiger charge is 2.45. The highest BCUT2D eigenvalue weighted by atomic mass is 16.5. The molecule has 2 fully saturated rings. The number of likely N-dealkylation sites (tertiary alicyclic amines) is 1. The maximum Gasteiger partial charge on any atom is 0.407 e. The smallest absolute Gasteiger partial charge is 0.407 e. The third-order valence-corrected chi connectivity index (χ3v) is 10.5. The molecule has 4 N–H and O–H groups in total. The number of nitrogens with zero attached hydrogens (tertiary/aromatic N) is 3. The van der Waals surface area contributed by atoms with Gasteiger partial charge in [-0.25, -0.2) is 4.79 Å². The summed E-state index contributed by atoms with van der Waals surface area (Å²) in [7, 11) is 0. The number of Topliss-reactive ketones (excluding diaryl/α,β-unsaturated/α-hetero) is 1. The first-order chi connectivity index (χ1) is 28.5. The van der Waals surface area contributed by atoms with Crippen molar-refractivity contribution in [2.45, 2.75) is 109 Å². The van der Waals surface area contributed by atoms with E-state index in [1.54, 1.807) is 48.8 Å². The lowest BCUT2D eigenvalue weighted by atomic mass is 9.83. The van der Waals surface area contributed by atoms with Gasteiger partial charge in [0.25, 0.3) is 5.91 Å². The molecule has 2 aromatic heterocycles. The van der Waals surface area contributed by atoms with Crippen LogP contribution in [0, 0.1) is 11.8 Å². The van der Waals surface area contributed by atoms with Gasteiger partial charge in [-0.2, -0.15) is 0 Å². The zero-order valence-corrected chi connectivity index (χ0v) is 34.1. The van der Waals surface area contributed by atoms with Gasteiger partial charge < -0.3 is 35.6 Å². The fraction of sp³-hybridized carbons (Fsp3) is 0.500. The second-order valence-corrected chi connectivity index (χ2v) is 15.6. The fourth-order valence-corrected chi connectivity index (χ4v) is 7.47. The summed E-state index contributed by atoms with van der Waals surface area (Å²) in [4.78, 5) is 91.8. The van der Waals surface area contributed by atoms with Crippen molar-refractivity contribution in [3.63, 3.8) is 0 Å². The Morgan fingerprint density at radius 2 is 1.49 bits per heavy atom. The molecule has 0 spiro atoms. The molecule has 59 heavy (non-hydrogen) atoms. The maximum atomic E-state index is 14.6. The van der Waals surface area contributed by atoms with Crippen LogP contribution in [0.15, 0.2) is 79.1 Å². The van der Waals surface area contributed by atoms with E-state index in [0.29, 0.717) is 17.8 Å². The van der Waals surface area contributed by atoms with Crippen molar-refractivity contribution >= 4 is 35.5 Å². The molecule has 0 radical (unpaired) electrons. The van der Waals surface area contributed by atoms with Gasteiger partial charge in [-0.15, -0.1) is 0 Å². The number of ketones is 1. The number of pyridine rings is 2. The minimum Gasteiger partial charge on any atom is -0.449 e. The Kier molecular flexibility index (Phi) is 16.9. The van der Waals surface area contributed by atoms with Gasteiger partial charge in [-0.1, -0.05) is 88.9 Å². The zero-order valence-electron chi connectivity index (χ0n) is 34.1. The number of carbonyl (C=O) groups is 6. The van der Waals surface area contributed by atoms with Crippen LogP contribution >= 0.6 is 0 Å². The van der Waals surface area contributed by atoms with E-state index < -0.39 is 72.3 Å². The van der Waals surface area contributed by atoms with Crippen LogP contribution in [0.25, 0.3) is 0 Å². The molecule has 1 aliphatic carbocycles. The Hall–Kier alpha value is -5.70. The van der Waals surface area contributed by atoms with Gasteiger partial charge in [-0.05, 0) is 60.9 Å². The predicted molar refractivity (Wildman–Crippen MR) is 218 cm³/mol. The summed E-state index contributed by atoms with van der Waals surface area (Å²) in [5, 5.41) is 10.8. The van der Waals surface area contributed by atoms with E-state index in [9.17, 15) is 28.8 Å². The molecule has 1 aliphatic heterocycles. The number of ether oxygens (including phenoxy) is 2. The van der Waals surface area contributed by atoms with Crippen molar-refractivity contribution in [3.8, 4) is 0 Å². The van der Waals surface area contributed by atoms with Gasteiger partial charge in [0.2, 0.25) is 23.5 Å². The molecule has 316 valence electrons. The molecule has 1 unspecified atom stereocenters. The summed E-state index contributed by atoms with van der Waals surface area (Å²) < 4.78 is 11.6. The van der Waals surface area contributed by atoms with E-state index in [2.05, 4.69) is 31.2 Å². The van der Waals surface area contributed by atoms with E-state index >= 15 is 0 Å². The third kappa shape index (κ3) is 13.2. The fourth-order valence-electron chi connectivity index (χ4n) is 7.47. The first kappa shape index (κ1) is 44.4. The van der Waals surface area contributed by atoms with E-state index in [4.69, 9.17) is 9.47 Å². The van der Waals surface area contributed by atoms with Crippen LogP contribution in [0.1, 0.15) is 95.1 Å².